The molecular weight excluding hydrogens is 368 g/mol. The largest absolute Gasteiger partial charge is 0.467 e. The lowest BCUT2D eigenvalue weighted by atomic mass is 10.1. The van der Waals surface area contributed by atoms with Crippen molar-refractivity contribution in [3.05, 3.63) is 83.2 Å². The van der Waals surface area contributed by atoms with Crippen LogP contribution in [0.1, 0.15) is 52.6 Å². The number of nitrogens with one attached hydrogen (secondary N) is 1. The summed E-state index contributed by atoms with van der Waals surface area (Å²) in [5.41, 5.74) is 1.54. The summed E-state index contributed by atoms with van der Waals surface area (Å²) >= 11 is 0. The molecule has 6 heteroatoms. The van der Waals surface area contributed by atoms with Crippen molar-refractivity contribution in [3.8, 4) is 0 Å². The molecule has 0 aliphatic rings. The van der Waals surface area contributed by atoms with Crippen molar-refractivity contribution in [1.29, 1.82) is 0 Å². The highest BCUT2D eigenvalue weighted by Gasteiger charge is 2.22. The maximum absolute atomic E-state index is 13.1. The molecule has 2 amide bonds. The zero-order valence-electron chi connectivity index (χ0n) is 17.0. The first-order chi connectivity index (χ1) is 13.9. The van der Waals surface area contributed by atoms with Crippen LogP contribution in [0, 0.1) is 13.8 Å². The zero-order valence-corrected chi connectivity index (χ0v) is 17.0. The number of aryl methyl sites for hydroxylation is 2. The number of furan rings is 2. The molecule has 0 bridgehead atoms. The van der Waals surface area contributed by atoms with E-state index in [4.69, 9.17) is 8.83 Å². The quantitative estimate of drug-likeness (QED) is 0.614. The molecule has 0 spiro atoms. The Bertz CT molecular complexity index is 945. The van der Waals surface area contributed by atoms with Crippen LogP contribution in [-0.2, 0) is 11.3 Å². The fourth-order valence-corrected chi connectivity index (χ4v) is 3.23. The highest BCUT2D eigenvalue weighted by Crippen LogP contribution is 2.18. The maximum Gasteiger partial charge on any atom is 0.257 e. The van der Waals surface area contributed by atoms with Gasteiger partial charge in [-0.3, -0.25) is 9.59 Å². The molecule has 152 valence electrons. The lowest BCUT2D eigenvalue weighted by Crippen LogP contribution is -2.35. The van der Waals surface area contributed by atoms with Gasteiger partial charge in [0.25, 0.3) is 5.91 Å². The van der Waals surface area contributed by atoms with Crippen LogP contribution < -0.4 is 5.32 Å². The molecule has 0 radical (unpaired) electrons. The number of carbonyl (C=O) groups excluding carboxylic acids is 2. The summed E-state index contributed by atoms with van der Waals surface area (Å²) in [5, 5.41) is 2.99. The van der Waals surface area contributed by atoms with Crippen LogP contribution in [0.5, 0.6) is 0 Å². The molecule has 6 nitrogen and oxygen atoms in total. The van der Waals surface area contributed by atoms with E-state index < -0.39 is 0 Å². The van der Waals surface area contributed by atoms with Crippen LogP contribution in [0.2, 0.25) is 0 Å². The average molecular weight is 394 g/mol. The normalized spacial score (nSPS) is 11.8. The van der Waals surface area contributed by atoms with Gasteiger partial charge in [-0.25, -0.2) is 0 Å². The van der Waals surface area contributed by atoms with Crippen LogP contribution >= 0.6 is 0 Å². The van der Waals surface area contributed by atoms with E-state index in [0.29, 0.717) is 22.8 Å². The van der Waals surface area contributed by atoms with E-state index >= 15 is 0 Å². The predicted octanol–water partition coefficient (Wildman–Crippen LogP) is 4.40. The van der Waals surface area contributed by atoms with E-state index in [1.165, 1.54) is 0 Å². The Morgan fingerprint density at radius 2 is 1.86 bits per heavy atom. The molecule has 29 heavy (non-hydrogen) atoms. The Morgan fingerprint density at radius 3 is 2.48 bits per heavy atom. The van der Waals surface area contributed by atoms with Gasteiger partial charge in [0.1, 0.15) is 17.3 Å². The summed E-state index contributed by atoms with van der Waals surface area (Å²) in [4.78, 5) is 27.1. The maximum atomic E-state index is 13.1. The summed E-state index contributed by atoms with van der Waals surface area (Å²) in [6, 6.07) is 15.0. The van der Waals surface area contributed by atoms with Gasteiger partial charge in [-0.1, -0.05) is 30.3 Å². The second-order valence-corrected chi connectivity index (χ2v) is 7.08. The van der Waals surface area contributed by atoms with Crippen LogP contribution in [0.15, 0.2) is 63.6 Å². The molecule has 3 rings (SSSR count). The van der Waals surface area contributed by atoms with Crippen molar-refractivity contribution in [3.63, 3.8) is 0 Å². The van der Waals surface area contributed by atoms with Crippen LogP contribution in [0.4, 0.5) is 0 Å². The molecule has 0 saturated heterocycles. The first kappa shape index (κ1) is 20.5. The molecular formula is C23H26N2O4. The number of benzene rings is 1. The van der Waals surface area contributed by atoms with E-state index in [9.17, 15) is 9.59 Å². The van der Waals surface area contributed by atoms with Gasteiger partial charge in [0.2, 0.25) is 5.91 Å². The van der Waals surface area contributed by atoms with E-state index in [1.54, 1.807) is 37.1 Å². The van der Waals surface area contributed by atoms with Crippen molar-refractivity contribution < 1.29 is 18.4 Å². The van der Waals surface area contributed by atoms with Gasteiger partial charge in [-0.15, -0.1) is 0 Å². The van der Waals surface area contributed by atoms with Gasteiger partial charge in [0.05, 0.1) is 24.4 Å². The molecule has 0 fully saturated rings. The topological polar surface area (TPSA) is 75.7 Å². The van der Waals surface area contributed by atoms with Crippen molar-refractivity contribution in [1.82, 2.24) is 10.2 Å². The predicted molar refractivity (Wildman–Crippen MR) is 109 cm³/mol. The summed E-state index contributed by atoms with van der Waals surface area (Å²) in [6.45, 7) is 6.07. The fourth-order valence-electron chi connectivity index (χ4n) is 3.23. The first-order valence-electron chi connectivity index (χ1n) is 9.67. The first-order valence-corrected chi connectivity index (χ1v) is 9.67. The fraction of sp³-hybridized carbons (Fsp3) is 0.304. The lowest BCUT2D eigenvalue weighted by molar-refractivity contribution is -0.122. The van der Waals surface area contributed by atoms with Crippen molar-refractivity contribution in [2.75, 3.05) is 6.54 Å². The Hall–Kier alpha value is -3.28. The number of carbonyl (C=O) groups is 2. The Morgan fingerprint density at radius 1 is 1.10 bits per heavy atom. The van der Waals surface area contributed by atoms with Gasteiger partial charge in [-0.2, -0.15) is 0 Å². The van der Waals surface area contributed by atoms with Gasteiger partial charge in [0.15, 0.2) is 0 Å². The highest BCUT2D eigenvalue weighted by atomic mass is 16.3. The van der Waals surface area contributed by atoms with E-state index in [1.807, 2.05) is 43.3 Å². The number of rotatable bonds is 8. The zero-order chi connectivity index (χ0) is 20.8. The SMILES string of the molecule is Cc1cc(C(=O)N(CCC(=O)NC(C)c2ccccc2)Cc2ccco2)c(C)o1. The van der Waals surface area contributed by atoms with Crippen LogP contribution in [-0.4, -0.2) is 23.3 Å². The molecule has 1 N–H and O–H groups in total. The summed E-state index contributed by atoms with van der Waals surface area (Å²) in [7, 11) is 0. The molecule has 0 aliphatic carbocycles. The summed E-state index contributed by atoms with van der Waals surface area (Å²) in [5.74, 6) is 1.62. The minimum Gasteiger partial charge on any atom is -0.467 e. The van der Waals surface area contributed by atoms with Gasteiger partial charge >= 0.3 is 0 Å². The molecule has 0 aliphatic heterocycles. The third-order valence-electron chi connectivity index (χ3n) is 4.77. The Balaban J connectivity index is 1.66. The minimum absolute atomic E-state index is 0.100. The van der Waals surface area contributed by atoms with E-state index in [2.05, 4.69) is 5.32 Å². The van der Waals surface area contributed by atoms with Gasteiger partial charge in [0, 0.05) is 13.0 Å². The van der Waals surface area contributed by atoms with E-state index in [0.717, 1.165) is 5.56 Å². The molecule has 2 heterocycles. The summed E-state index contributed by atoms with van der Waals surface area (Å²) < 4.78 is 10.9. The number of hydrogen-bond acceptors (Lipinski definition) is 4. The second-order valence-electron chi connectivity index (χ2n) is 7.08. The Kier molecular flexibility index (Phi) is 6.54. The number of nitrogens with zero attached hydrogens (tertiary/aromatic N) is 1. The third-order valence-corrected chi connectivity index (χ3v) is 4.77. The molecule has 0 saturated carbocycles. The van der Waals surface area contributed by atoms with Crippen molar-refractivity contribution in [2.45, 2.75) is 39.8 Å². The molecule has 1 unspecified atom stereocenters. The molecule has 2 aromatic heterocycles. The van der Waals surface area contributed by atoms with Crippen LogP contribution in [0.3, 0.4) is 0 Å². The Labute approximate surface area is 170 Å². The van der Waals surface area contributed by atoms with Gasteiger partial charge < -0.3 is 19.1 Å². The van der Waals surface area contributed by atoms with Crippen LogP contribution in [0.25, 0.3) is 0 Å². The minimum atomic E-state index is -0.181. The highest BCUT2D eigenvalue weighted by molar-refractivity contribution is 5.95. The number of amides is 2. The smallest absolute Gasteiger partial charge is 0.257 e. The van der Waals surface area contributed by atoms with Crippen molar-refractivity contribution >= 4 is 11.8 Å². The standard InChI is InChI=1S/C23H26N2O4/c1-16-14-21(18(3)29-16)23(27)25(15-20-10-7-13-28-20)12-11-22(26)24-17(2)19-8-5-4-6-9-19/h4-10,13-14,17H,11-12,15H2,1-3H3,(H,24,26). The lowest BCUT2D eigenvalue weighted by Gasteiger charge is -2.22. The second kappa shape index (κ2) is 9.28. The van der Waals surface area contributed by atoms with Crippen molar-refractivity contribution in [2.24, 2.45) is 0 Å². The molecule has 1 aromatic carbocycles. The molecule has 1 atom stereocenters. The monoisotopic (exact) mass is 394 g/mol. The molecule has 3 aromatic rings. The summed E-state index contributed by atoms with van der Waals surface area (Å²) in [6.07, 6.45) is 1.76. The average Bonchev–Trinajstić information content (AvgIpc) is 3.34. The number of hydrogen-bond donors (Lipinski definition) is 1. The van der Waals surface area contributed by atoms with E-state index in [-0.39, 0.29) is 37.4 Å². The third kappa shape index (κ3) is 5.38. The van der Waals surface area contributed by atoms with Gasteiger partial charge in [-0.05, 0) is 44.5 Å².